The van der Waals surface area contributed by atoms with Gasteiger partial charge in [-0.1, -0.05) is 6.92 Å². The maximum atomic E-state index is 11.6. The van der Waals surface area contributed by atoms with Crippen molar-refractivity contribution in [2.45, 2.75) is 12.2 Å². The molecule has 1 nitrogen and oxygen atoms in total. The van der Waals surface area contributed by atoms with Crippen LogP contribution >= 0.6 is 11.8 Å². The van der Waals surface area contributed by atoms with E-state index in [1.165, 1.54) is 0 Å². The lowest BCUT2D eigenvalue weighted by Crippen LogP contribution is -2.23. The second-order valence-electron chi connectivity index (χ2n) is 2.09. The van der Waals surface area contributed by atoms with Gasteiger partial charge in [0, 0.05) is 11.8 Å². The third-order valence-corrected chi connectivity index (χ3v) is 2.23. The standard InChI is InChI=1S/C4H10BF3NS/c1-4(2-9)10-3-5(6,7)8/h4H,2-3,9H2,1H3/q-1. The molecular formula is C4H10BF3NS-. The molecule has 0 heterocycles. The first-order valence-corrected chi connectivity index (χ1v) is 4.03. The van der Waals surface area contributed by atoms with Crippen molar-refractivity contribution in [3.63, 3.8) is 0 Å². The summed E-state index contributed by atoms with van der Waals surface area (Å²) in [5.74, 6) is 0. The van der Waals surface area contributed by atoms with Gasteiger partial charge in [-0.2, -0.15) is 11.8 Å². The largest absolute Gasteiger partial charge is 0.488 e. The van der Waals surface area contributed by atoms with E-state index < -0.39 is 12.6 Å². The van der Waals surface area contributed by atoms with Crippen LogP contribution in [-0.4, -0.2) is 24.4 Å². The molecule has 62 valence electrons. The number of nitrogens with two attached hydrogens (primary N) is 1. The Balaban J connectivity index is 3.36. The van der Waals surface area contributed by atoms with Crippen LogP contribution in [0.2, 0.25) is 0 Å². The monoisotopic (exact) mass is 172 g/mol. The number of halogens is 3. The average Bonchev–Trinajstić information content (AvgIpc) is 1.81. The fourth-order valence-corrected chi connectivity index (χ4v) is 1.02. The van der Waals surface area contributed by atoms with Crippen LogP contribution in [-0.2, 0) is 0 Å². The van der Waals surface area contributed by atoms with Crippen LogP contribution in [0.15, 0.2) is 0 Å². The highest BCUT2D eigenvalue weighted by atomic mass is 32.2. The molecule has 2 N–H and O–H groups in total. The van der Waals surface area contributed by atoms with Crippen LogP contribution < -0.4 is 5.73 Å². The van der Waals surface area contributed by atoms with Crippen molar-refractivity contribution in [3.8, 4) is 0 Å². The molecule has 0 aliphatic carbocycles. The van der Waals surface area contributed by atoms with E-state index in [1.807, 2.05) is 0 Å². The van der Waals surface area contributed by atoms with Crippen LogP contribution in [0, 0.1) is 0 Å². The first-order valence-electron chi connectivity index (χ1n) is 2.98. The minimum Gasteiger partial charge on any atom is -0.448 e. The van der Waals surface area contributed by atoms with Gasteiger partial charge in [0.25, 0.3) is 0 Å². The van der Waals surface area contributed by atoms with Gasteiger partial charge in [0.2, 0.25) is 0 Å². The Morgan fingerprint density at radius 2 is 2.00 bits per heavy atom. The molecule has 0 aliphatic heterocycles. The van der Waals surface area contributed by atoms with Crippen LogP contribution in [0.25, 0.3) is 0 Å². The maximum Gasteiger partial charge on any atom is 0.488 e. The maximum absolute atomic E-state index is 11.6. The summed E-state index contributed by atoms with van der Waals surface area (Å²) in [6.07, 6.45) is 0. The summed E-state index contributed by atoms with van der Waals surface area (Å²) in [5.41, 5.74) is 4.38. The lowest BCUT2D eigenvalue weighted by molar-refractivity contribution is 0.485. The van der Waals surface area contributed by atoms with E-state index in [9.17, 15) is 12.9 Å². The molecule has 0 aromatic rings. The summed E-state index contributed by atoms with van der Waals surface area (Å²) >= 11 is 0.861. The molecule has 6 heteroatoms. The fraction of sp³-hybridized carbons (Fsp3) is 1.00. The van der Waals surface area contributed by atoms with Gasteiger partial charge in [-0.25, -0.2) is 0 Å². The van der Waals surface area contributed by atoms with Crippen molar-refractivity contribution in [1.82, 2.24) is 0 Å². The molecule has 1 unspecified atom stereocenters. The number of hydrogen-bond donors (Lipinski definition) is 1. The topological polar surface area (TPSA) is 26.0 Å². The van der Waals surface area contributed by atoms with E-state index in [-0.39, 0.29) is 5.25 Å². The van der Waals surface area contributed by atoms with Crippen molar-refractivity contribution in [3.05, 3.63) is 0 Å². The van der Waals surface area contributed by atoms with Crippen molar-refractivity contribution < 1.29 is 12.9 Å². The summed E-state index contributed by atoms with van der Waals surface area (Å²) in [6, 6.07) is 0. The molecule has 0 aromatic heterocycles. The fourth-order valence-electron chi connectivity index (χ4n) is 0.341. The molecular weight excluding hydrogens is 162 g/mol. The summed E-state index contributed by atoms with van der Waals surface area (Å²) in [4.78, 5) is 0. The van der Waals surface area contributed by atoms with E-state index in [0.29, 0.717) is 6.54 Å². The van der Waals surface area contributed by atoms with Gasteiger partial charge in [-0.05, 0) is 5.65 Å². The molecule has 0 rings (SSSR count). The van der Waals surface area contributed by atoms with Gasteiger partial charge in [0.15, 0.2) is 0 Å². The van der Waals surface area contributed by atoms with Gasteiger partial charge in [-0.15, -0.1) is 0 Å². The molecule has 0 aromatic carbocycles. The highest BCUT2D eigenvalue weighted by Crippen LogP contribution is 2.19. The smallest absolute Gasteiger partial charge is 0.448 e. The van der Waals surface area contributed by atoms with E-state index >= 15 is 0 Å². The third-order valence-electron chi connectivity index (χ3n) is 0.902. The predicted molar refractivity (Wildman–Crippen MR) is 40.1 cm³/mol. The van der Waals surface area contributed by atoms with Gasteiger partial charge in [0.05, 0.1) is 0 Å². The summed E-state index contributed by atoms with van der Waals surface area (Å²) in [5, 5.41) is -0.0940. The molecule has 0 saturated carbocycles. The molecule has 0 saturated heterocycles. The van der Waals surface area contributed by atoms with Crippen molar-refractivity contribution in [2.24, 2.45) is 5.73 Å². The van der Waals surface area contributed by atoms with Crippen LogP contribution in [0.3, 0.4) is 0 Å². The number of thioether (sulfide) groups is 1. The van der Waals surface area contributed by atoms with E-state index in [1.54, 1.807) is 6.92 Å². The molecule has 0 bridgehead atoms. The van der Waals surface area contributed by atoms with Crippen molar-refractivity contribution in [2.75, 3.05) is 12.2 Å². The Kier molecular flexibility index (Phi) is 4.20. The van der Waals surface area contributed by atoms with Gasteiger partial charge in [0.1, 0.15) is 0 Å². The van der Waals surface area contributed by atoms with Crippen LogP contribution in [0.5, 0.6) is 0 Å². The van der Waals surface area contributed by atoms with E-state index in [4.69, 9.17) is 5.73 Å². The van der Waals surface area contributed by atoms with Crippen LogP contribution in [0.1, 0.15) is 6.92 Å². The highest BCUT2D eigenvalue weighted by Gasteiger charge is 2.23. The molecule has 0 aliphatic rings. The number of hydrogen-bond acceptors (Lipinski definition) is 2. The van der Waals surface area contributed by atoms with Gasteiger partial charge in [-0.3, -0.25) is 0 Å². The van der Waals surface area contributed by atoms with Gasteiger partial charge < -0.3 is 18.7 Å². The second kappa shape index (κ2) is 4.13. The third kappa shape index (κ3) is 6.29. The van der Waals surface area contributed by atoms with Gasteiger partial charge >= 0.3 is 6.98 Å². The molecule has 0 fully saturated rings. The number of rotatable bonds is 4. The lowest BCUT2D eigenvalue weighted by Gasteiger charge is -2.15. The Labute approximate surface area is 62.6 Å². The zero-order valence-corrected chi connectivity index (χ0v) is 6.50. The molecule has 0 amide bonds. The Hall–Kier alpha value is 0.165. The summed E-state index contributed by atoms with van der Waals surface area (Å²) < 4.78 is 34.7. The minimum atomic E-state index is -4.63. The van der Waals surface area contributed by atoms with E-state index in [2.05, 4.69) is 0 Å². The predicted octanol–water partition coefficient (Wildman–Crippen LogP) is 1.45. The Morgan fingerprint density at radius 3 is 2.30 bits per heavy atom. The van der Waals surface area contributed by atoms with E-state index in [0.717, 1.165) is 11.8 Å². The quantitative estimate of drug-likeness (QED) is 0.649. The summed E-state index contributed by atoms with van der Waals surface area (Å²) in [6.45, 7) is -2.64. The lowest BCUT2D eigenvalue weighted by atomic mass is 9.98. The summed E-state index contributed by atoms with van der Waals surface area (Å²) in [7, 11) is 0. The first-order chi connectivity index (χ1) is 4.45. The Morgan fingerprint density at radius 1 is 1.50 bits per heavy atom. The van der Waals surface area contributed by atoms with Crippen molar-refractivity contribution in [1.29, 1.82) is 0 Å². The molecule has 1 atom stereocenters. The first kappa shape index (κ1) is 10.2. The SMILES string of the molecule is CC(CN)SC[B-](F)(F)F. The average molecular weight is 172 g/mol. The zero-order valence-electron chi connectivity index (χ0n) is 5.69. The molecule has 0 radical (unpaired) electrons. The van der Waals surface area contributed by atoms with Crippen LogP contribution in [0.4, 0.5) is 12.9 Å². The highest BCUT2D eigenvalue weighted by molar-refractivity contribution is 8.01. The second-order valence-corrected chi connectivity index (χ2v) is 3.56. The minimum absolute atomic E-state index is 0.0940. The molecule has 10 heavy (non-hydrogen) atoms. The normalized spacial score (nSPS) is 15.3. The Bertz CT molecular complexity index is 97.0. The zero-order chi connectivity index (χ0) is 8.20. The van der Waals surface area contributed by atoms with Crippen molar-refractivity contribution >= 4 is 18.7 Å². The molecule has 0 spiro atoms.